The quantitative estimate of drug-likeness (QED) is 0.924. The van der Waals surface area contributed by atoms with Crippen LogP contribution in [0.4, 0.5) is 10.5 Å². The van der Waals surface area contributed by atoms with Crippen LogP contribution in [-0.4, -0.2) is 25.1 Å². The maximum absolute atomic E-state index is 12.3. The van der Waals surface area contributed by atoms with E-state index in [4.69, 9.17) is 4.74 Å². The molecule has 0 aliphatic heterocycles. The van der Waals surface area contributed by atoms with Gasteiger partial charge in [-0.2, -0.15) is 0 Å². The summed E-state index contributed by atoms with van der Waals surface area (Å²) in [5.74, 6) is 0.763. The maximum Gasteiger partial charge on any atom is 0.322 e. The molecule has 1 N–H and O–H groups in total. The van der Waals surface area contributed by atoms with Crippen LogP contribution in [0.5, 0.6) is 5.75 Å². The molecule has 1 atom stereocenters. The molecular formula is C17H20N2O2. The number of nitrogens with zero attached hydrogens (tertiary/aromatic N) is 1. The van der Waals surface area contributed by atoms with Crippen LogP contribution in [0.3, 0.4) is 0 Å². The molecule has 110 valence electrons. The summed E-state index contributed by atoms with van der Waals surface area (Å²) in [6.07, 6.45) is 0. The summed E-state index contributed by atoms with van der Waals surface area (Å²) in [6, 6.07) is 17.1. The molecule has 0 saturated carbocycles. The molecule has 0 saturated heterocycles. The van der Waals surface area contributed by atoms with Crippen molar-refractivity contribution in [3.8, 4) is 5.75 Å². The Morgan fingerprint density at radius 1 is 1.10 bits per heavy atom. The first kappa shape index (κ1) is 14.9. The van der Waals surface area contributed by atoms with Gasteiger partial charge in [-0.25, -0.2) is 4.79 Å². The van der Waals surface area contributed by atoms with Crippen LogP contribution in [0.25, 0.3) is 0 Å². The van der Waals surface area contributed by atoms with Crippen LogP contribution in [-0.2, 0) is 0 Å². The molecule has 0 spiro atoms. The molecule has 2 aromatic carbocycles. The van der Waals surface area contributed by atoms with Crippen molar-refractivity contribution in [2.75, 3.05) is 19.5 Å². The van der Waals surface area contributed by atoms with Gasteiger partial charge >= 0.3 is 6.03 Å². The Morgan fingerprint density at radius 3 is 2.29 bits per heavy atom. The molecule has 0 aliphatic rings. The second-order valence-corrected chi connectivity index (χ2v) is 4.86. The number of ether oxygens (including phenoxy) is 1. The van der Waals surface area contributed by atoms with Crippen molar-refractivity contribution >= 4 is 11.7 Å². The summed E-state index contributed by atoms with van der Waals surface area (Å²) in [5.41, 5.74) is 1.85. The van der Waals surface area contributed by atoms with E-state index in [1.54, 1.807) is 19.1 Å². The lowest BCUT2D eigenvalue weighted by molar-refractivity contribution is 0.208. The average molecular weight is 284 g/mol. The van der Waals surface area contributed by atoms with Gasteiger partial charge in [-0.1, -0.05) is 30.3 Å². The van der Waals surface area contributed by atoms with E-state index in [0.29, 0.717) is 0 Å². The first-order valence-corrected chi connectivity index (χ1v) is 6.84. The van der Waals surface area contributed by atoms with Crippen molar-refractivity contribution in [1.29, 1.82) is 0 Å². The SMILES string of the molecule is COc1ccc(NC(=O)N(C)[C@H](C)c2ccccc2)cc1. The third-order valence-electron chi connectivity index (χ3n) is 3.52. The number of carbonyl (C=O) groups excluding carboxylic acids is 1. The van der Waals surface area contributed by atoms with Gasteiger partial charge in [-0.3, -0.25) is 0 Å². The number of urea groups is 1. The number of carbonyl (C=O) groups is 1. The van der Waals surface area contributed by atoms with Gasteiger partial charge in [0.05, 0.1) is 13.2 Å². The van der Waals surface area contributed by atoms with E-state index >= 15 is 0 Å². The third kappa shape index (κ3) is 3.75. The maximum atomic E-state index is 12.3. The molecule has 0 radical (unpaired) electrons. The Morgan fingerprint density at radius 2 is 1.71 bits per heavy atom. The van der Waals surface area contributed by atoms with Gasteiger partial charge in [0.2, 0.25) is 0 Å². The number of anilines is 1. The zero-order valence-corrected chi connectivity index (χ0v) is 12.5. The van der Waals surface area contributed by atoms with Crippen LogP contribution < -0.4 is 10.1 Å². The molecule has 0 bridgehead atoms. The second-order valence-electron chi connectivity index (χ2n) is 4.86. The summed E-state index contributed by atoms with van der Waals surface area (Å²) in [5, 5.41) is 2.88. The van der Waals surface area contributed by atoms with Crippen LogP contribution >= 0.6 is 0 Å². The minimum absolute atomic E-state index is 0.00412. The second kappa shape index (κ2) is 6.79. The van der Waals surface area contributed by atoms with E-state index in [-0.39, 0.29) is 12.1 Å². The van der Waals surface area contributed by atoms with Crippen molar-refractivity contribution in [3.05, 3.63) is 60.2 Å². The Bertz CT molecular complexity index is 581. The number of rotatable bonds is 4. The van der Waals surface area contributed by atoms with E-state index in [1.807, 2.05) is 61.5 Å². The molecule has 4 nitrogen and oxygen atoms in total. The first-order chi connectivity index (χ1) is 10.1. The van der Waals surface area contributed by atoms with Crippen molar-refractivity contribution in [3.63, 3.8) is 0 Å². The van der Waals surface area contributed by atoms with Gasteiger partial charge in [-0.15, -0.1) is 0 Å². The highest BCUT2D eigenvalue weighted by molar-refractivity contribution is 5.89. The summed E-state index contributed by atoms with van der Waals surface area (Å²) in [6.45, 7) is 2.00. The lowest BCUT2D eigenvalue weighted by atomic mass is 10.1. The van der Waals surface area contributed by atoms with E-state index < -0.39 is 0 Å². The number of nitrogens with one attached hydrogen (secondary N) is 1. The van der Waals surface area contributed by atoms with E-state index in [9.17, 15) is 4.79 Å². The van der Waals surface area contributed by atoms with Gasteiger partial charge in [0, 0.05) is 12.7 Å². The summed E-state index contributed by atoms with van der Waals surface area (Å²) in [7, 11) is 3.40. The standard InChI is InChI=1S/C17H20N2O2/c1-13(14-7-5-4-6-8-14)19(2)17(20)18-15-9-11-16(21-3)12-10-15/h4-13H,1-3H3,(H,18,20)/t13-/m1/s1. The highest BCUT2D eigenvalue weighted by Crippen LogP contribution is 2.20. The molecule has 2 aromatic rings. The fourth-order valence-electron chi connectivity index (χ4n) is 2.02. The predicted molar refractivity (Wildman–Crippen MR) is 84.6 cm³/mol. The molecule has 21 heavy (non-hydrogen) atoms. The van der Waals surface area contributed by atoms with Crippen molar-refractivity contribution in [2.24, 2.45) is 0 Å². The van der Waals surface area contributed by atoms with Gasteiger partial charge in [-0.05, 0) is 36.8 Å². The molecule has 0 unspecified atom stereocenters. The van der Waals surface area contributed by atoms with Crippen LogP contribution in [0.1, 0.15) is 18.5 Å². The lowest BCUT2D eigenvalue weighted by Gasteiger charge is -2.25. The molecule has 4 heteroatoms. The van der Waals surface area contributed by atoms with Gasteiger partial charge < -0.3 is 15.0 Å². The fourth-order valence-corrected chi connectivity index (χ4v) is 2.02. The molecule has 0 aliphatic carbocycles. The Balaban J connectivity index is 2.01. The van der Waals surface area contributed by atoms with Crippen molar-refractivity contribution in [1.82, 2.24) is 4.90 Å². The Labute approximate surface area is 125 Å². The normalized spacial score (nSPS) is 11.6. The number of benzene rings is 2. The largest absolute Gasteiger partial charge is 0.497 e. The molecule has 2 amide bonds. The molecular weight excluding hydrogens is 264 g/mol. The van der Waals surface area contributed by atoms with Crippen LogP contribution in [0.15, 0.2) is 54.6 Å². The number of methoxy groups -OCH3 is 1. The fraction of sp³-hybridized carbons (Fsp3) is 0.235. The third-order valence-corrected chi connectivity index (χ3v) is 3.52. The summed E-state index contributed by atoms with van der Waals surface area (Å²) >= 11 is 0. The number of hydrogen-bond acceptors (Lipinski definition) is 2. The van der Waals surface area contributed by atoms with E-state index in [1.165, 1.54) is 0 Å². The minimum Gasteiger partial charge on any atom is -0.497 e. The minimum atomic E-state index is -0.142. The number of amides is 2. The Hall–Kier alpha value is -2.49. The summed E-state index contributed by atoms with van der Waals surface area (Å²) in [4.78, 5) is 13.9. The predicted octanol–water partition coefficient (Wildman–Crippen LogP) is 3.92. The zero-order valence-electron chi connectivity index (χ0n) is 12.5. The topological polar surface area (TPSA) is 41.6 Å². The molecule has 0 aromatic heterocycles. The van der Waals surface area contributed by atoms with E-state index in [0.717, 1.165) is 17.0 Å². The van der Waals surface area contributed by atoms with Crippen LogP contribution in [0.2, 0.25) is 0 Å². The van der Waals surface area contributed by atoms with E-state index in [2.05, 4.69) is 5.32 Å². The van der Waals surface area contributed by atoms with Gasteiger partial charge in [0.25, 0.3) is 0 Å². The molecule has 0 heterocycles. The summed E-state index contributed by atoms with van der Waals surface area (Å²) < 4.78 is 5.09. The van der Waals surface area contributed by atoms with Crippen molar-refractivity contribution < 1.29 is 9.53 Å². The highest BCUT2D eigenvalue weighted by Gasteiger charge is 2.17. The highest BCUT2D eigenvalue weighted by atomic mass is 16.5. The smallest absolute Gasteiger partial charge is 0.322 e. The molecule has 2 rings (SSSR count). The average Bonchev–Trinajstić information content (AvgIpc) is 2.55. The number of hydrogen-bond donors (Lipinski definition) is 1. The van der Waals surface area contributed by atoms with Crippen molar-refractivity contribution in [2.45, 2.75) is 13.0 Å². The van der Waals surface area contributed by atoms with Crippen LogP contribution in [0, 0.1) is 0 Å². The lowest BCUT2D eigenvalue weighted by Crippen LogP contribution is -2.33. The Kier molecular flexibility index (Phi) is 4.82. The van der Waals surface area contributed by atoms with Gasteiger partial charge in [0.15, 0.2) is 0 Å². The molecule has 0 fully saturated rings. The van der Waals surface area contributed by atoms with Gasteiger partial charge in [0.1, 0.15) is 5.75 Å². The first-order valence-electron chi connectivity index (χ1n) is 6.84. The monoisotopic (exact) mass is 284 g/mol. The zero-order chi connectivity index (χ0) is 15.2.